The Labute approximate surface area is 192 Å². The Balaban J connectivity index is 2.03. The smallest absolute Gasteiger partial charge is 0.390 e. The van der Waals surface area contributed by atoms with Gasteiger partial charge in [0.15, 0.2) is 0 Å². The number of carbonyl (C=O) groups is 2. The predicted octanol–water partition coefficient (Wildman–Crippen LogP) is 5.85. The number of ether oxygens (including phenoxy) is 1. The van der Waals surface area contributed by atoms with Crippen LogP contribution in [0.3, 0.4) is 0 Å². The molecule has 33 heavy (non-hydrogen) atoms. The maximum Gasteiger partial charge on any atom is 0.390 e. The van der Waals surface area contributed by atoms with Gasteiger partial charge in [-0.3, -0.25) is 9.36 Å². The highest BCUT2D eigenvalue weighted by Gasteiger charge is 2.56. The number of benzene rings is 2. The highest BCUT2D eigenvalue weighted by molar-refractivity contribution is 7.58. The summed E-state index contributed by atoms with van der Waals surface area (Å²) in [6.45, 7) is 4.45. The average molecular weight is 497 g/mol. The molecule has 3 rings (SSSR count). The van der Waals surface area contributed by atoms with Gasteiger partial charge in [-0.05, 0) is 56.5 Å². The number of carboxylic acids is 1. The molecular formula is C22H22F2NO6PS. The summed E-state index contributed by atoms with van der Waals surface area (Å²) in [6.07, 6.45) is -0.499. The summed E-state index contributed by atoms with van der Waals surface area (Å²) in [5, 5.41) is 11.6. The van der Waals surface area contributed by atoms with Crippen molar-refractivity contribution in [2.75, 3.05) is 0 Å². The minimum atomic E-state index is -5.11. The molecule has 176 valence electrons. The molecule has 2 atom stereocenters. The van der Waals surface area contributed by atoms with Crippen molar-refractivity contribution in [1.29, 1.82) is 0 Å². The van der Waals surface area contributed by atoms with Crippen molar-refractivity contribution in [3.8, 4) is 5.75 Å². The summed E-state index contributed by atoms with van der Waals surface area (Å²) in [5.74, 6) is -2.12. The molecule has 11 heteroatoms. The van der Waals surface area contributed by atoms with Gasteiger partial charge in [-0.1, -0.05) is 24.3 Å². The number of hydrogen-bond acceptors (Lipinski definition) is 6. The number of halogens is 2. The van der Waals surface area contributed by atoms with Crippen molar-refractivity contribution in [3.05, 3.63) is 65.0 Å². The second kappa shape index (κ2) is 9.59. The van der Waals surface area contributed by atoms with Gasteiger partial charge < -0.3 is 14.4 Å². The SMILES string of the molecule is CC(C)OC(=O)C(C)NP(=O)(Oc1ccccc1)C(F)(F)c1ccc2sc(C(=O)O)cc2c1. The second-order valence-corrected chi connectivity index (χ2v) is 10.7. The number of para-hydroxylation sites is 1. The molecule has 2 unspecified atom stereocenters. The first-order valence-corrected chi connectivity index (χ1v) is 12.4. The average Bonchev–Trinajstić information content (AvgIpc) is 3.17. The number of rotatable bonds is 9. The van der Waals surface area contributed by atoms with Crippen molar-refractivity contribution < 1.29 is 37.3 Å². The highest BCUT2D eigenvalue weighted by Crippen LogP contribution is 2.63. The Morgan fingerprint density at radius 3 is 2.36 bits per heavy atom. The molecule has 0 aliphatic carbocycles. The van der Waals surface area contributed by atoms with Gasteiger partial charge in [0.25, 0.3) is 0 Å². The number of alkyl halides is 2. The van der Waals surface area contributed by atoms with E-state index in [1.807, 2.05) is 0 Å². The zero-order chi connectivity index (χ0) is 24.4. The van der Waals surface area contributed by atoms with Gasteiger partial charge in [-0.2, -0.15) is 8.78 Å². The first kappa shape index (κ1) is 24.8. The topological polar surface area (TPSA) is 102 Å². The van der Waals surface area contributed by atoms with Crippen LogP contribution in [0.1, 0.15) is 36.0 Å². The predicted molar refractivity (Wildman–Crippen MR) is 121 cm³/mol. The lowest BCUT2D eigenvalue weighted by Crippen LogP contribution is -2.39. The van der Waals surface area contributed by atoms with Crippen LogP contribution in [0.4, 0.5) is 8.78 Å². The van der Waals surface area contributed by atoms with Crippen LogP contribution < -0.4 is 9.61 Å². The summed E-state index contributed by atoms with van der Waals surface area (Å²) < 4.78 is 56.0. The lowest BCUT2D eigenvalue weighted by atomic mass is 10.1. The van der Waals surface area contributed by atoms with Gasteiger partial charge in [0.2, 0.25) is 0 Å². The number of fused-ring (bicyclic) bond motifs is 1. The van der Waals surface area contributed by atoms with Gasteiger partial charge in [0.05, 0.1) is 6.10 Å². The molecule has 2 N–H and O–H groups in total. The molecule has 0 saturated heterocycles. The zero-order valence-electron chi connectivity index (χ0n) is 18.0. The molecule has 0 bridgehead atoms. The molecule has 0 spiro atoms. The molecule has 2 aromatic carbocycles. The van der Waals surface area contributed by atoms with Crippen LogP contribution >= 0.6 is 18.9 Å². The van der Waals surface area contributed by atoms with E-state index in [1.54, 1.807) is 19.9 Å². The Bertz CT molecular complexity index is 1210. The van der Waals surface area contributed by atoms with Crippen LogP contribution in [0.5, 0.6) is 5.75 Å². The number of thiophene rings is 1. The zero-order valence-corrected chi connectivity index (χ0v) is 19.7. The Hall–Kier alpha value is -2.81. The molecule has 0 saturated carbocycles. The molecular weight excluding hydrogens is 475 g/mol. The third-order valence-corrected chi connectivity index (χ3v) is 7.79. The molecule has 1 aromatic heterocycles. The molecule has 0 radical (unpaired) electrons. The van der Waals surface area contributed by atoms with E-state index >= 15 is 8.78 Å². The Kier molecular flexibility index (Phi) is 7.21. The summed E-state index contributed by atoms with van der Waals surface area (Å²) in [7, 11) is -5.11. The van der Waals surface area contributed by atoms with E-state index in [0.29, 0.717) is 4.70 Å². The van der Waals surface area contributed by atoms with Gasteiger partial charge in [0.1, 0.15) is 16.7 Å². The van der Waals surface area contributed by atoms with Crippen molar-refractivity contribution in [3.63, 3.8) is 0 Å². The minimum Gasteiger partial charge on any atom is -0.477 e. The van der Waals surface area contributed by atoms with Crippen LogP contribution in [0.25, 0.3) is 10.1 Å². The van der Waals surface area contributed by atoms with Crippen LogP contribution in [0, 0.1) is 0 Å². The maximum absolute atomic E-state index is 15.8. The number of esters is 1. The summed E-state index contributed by atoms with van der Waals surface area (Å²) in [6, 6.07) is 10.8. The summed E-state index contributed by atoms with van der Waals surface area (Å²) in [5.41, 5.74) is -4.73. The molecule has 1 heterocycles. The lowest BCUT2D eigenvalue weighted by Gasteiger charge is -2.30. The number of hydrogen-bond donors (Lipinski definition) is 2. The molecule has 7 nitrogen and oxygen atoms in total. The highest BCUT2D eigenvalue weighted by atomic mass is 32.1. The van der Waals surface area contributed by atoms with E-state index in [1.165, 1.54) is 43.3 Å². The van der Waals surface area contributed by atoms with E-state index in [2.05, 4.69) is 5.09 Å². The minimum absolute atomic E-state index is 0.0163. The number of carbonyl (C=O) groups excluding carboxylic acids is 1. The Morgan fingerprint density at radius 1 is 1.09 bits per heavy atom. The Morgan fingerprint density at radius 2 is 1.76 bits per heavy atom. The molecule has 0 fully saturated rings. The molecule has 0 aliphatic rings. The van der Waals surface area contributed by atoms with E-state index in [4.69, 9.17) is 14.4 Å². The number of nitrogens with one attached hydrogen (secondary N) is 1. The van der Waals surface area contributed by atoms with Crippen molar-refractivity contribution in [1.82, 2.24) is 5.09 Å². The fraction of sp³-hybridized carbons (Fsp3) is 0.273. The van der Waals surface area contributed by atoms with Gasteiger partial charge >= 0.3 is 25.1 Å². The second-order valence-electron chi connectivity index (χ2n) is 7.50. The third kappa shape index (κ3) is 5.40. The van der Waals surface area contributed by atoms with Gasteiger partial charge in [0, 0.05) is 10.3 Å². The fourth-order valence-electron chi connectivity index (χ4n) is 2.94. The van der Waals surface area contributed by atoms with Crippen molar-refractivity contribution >= 4 is 40.9 Å². The number of carboxylic acid groups (broad SMARTS) is 1. The van der Waals surface area contributed by atoms with Gasteiger partial charge in [-0.15, -0.1) is 11.3 Å². The van der Waals surface area contributed by atoms with Crippen LogP contribution in [-0.2, 0) is 19.8 Å². The summed E-state index contributed by atoms with van der Waals surface area (Å²) >= 11 is 0.933. The summed E-state index contributed by atoms with van der Waals surface area (Å²) in [4.78, 5) is 23.4. The molecule has 0 aliphatic heterocycles. The van der Waals surface area contributed by atoms with Crippen molar-refractivity contribution in [2.24, 2.45) is 0 Å². The molecule has 3 aromatic rings. The van der Waals surface area contributed by atoms with E-state index in [9.17, 15) is 14.2 Å². The van der Waals surface area contributed by atoms with E-state index in [-0.39, 0.29) is 16.0 Å². The van der Waals surface area contributed by atoms with Crippen LogP contribution in [-0.4, -0.2) is 29.2 Å². The number of aromatic carboxylic acids is 1. The van der Waals surface area contributed by atoms with Crippen LogP contribution in [0.2, 0.25) is 0 Å². The third-order valence-electron chi connectivity index (χ3n) is 4.49. The molecule has 0 amide bonds. The normalized spacial score (nSPS) is 14.6. The lowest BCUT2D eigenvalue weighted by molar-refractivity contribution is -0.149. The van der Waals surface area contributed by atoms with E-state index in [0.717, 1.165) is 23.5 Å². The van der Waals surface area contributed by atoms with Crippen LogP contribution in [0.15, 0.2) is 54.6 Å². The largest absolute Gasteiger partial charge is 0.477 e. The standard InChI is InChI=1S/C22H22F2NO6PS/c1-13(2)30-21(28)14(3)25-32(29,31-17-7-5-4-6-8-17)22(23,24)16-9-10-18-15(11-16)12-19(33-18)20(26)27/h4-14H,1-3H3,(H,25,29)(H,26,27). The first-order chi connectivity index (χ1) is 15.4. The quantitative estimate of drug-likeness (QED) is 0.282. The first-order valence-electron chi connectivity index (χ1n) is 9.91. The van der Waals surface area contributed by atoms with Crippen molar-refractivity contribution in [2.45, 2.75) is 38.6 Å². The van der Waals surface area contributed by atoms with E-state index < -0.39 is 42.8 Å². The van der Waals surface area contributed by atoms with Gasteiger partial charge in [-0.25, -0.2) is 9.88 Å². The fourth-order valence-corrected chi connectivity index (χ4v) is 5.67. The monoisotopic (exact) mass is 497 g/mol. The maximum atomic E-state index is 15.8.